The van der Waals surface area contributed by atoms with Crippen molar-refractivity contribution in [3.05, 3.63) is 36.3 Å². The van der Waals surface area contributed by atoms with E-state index in [0.29, 0.717) is 0 Å². The lowest BCUT2D eigenvalue weighted by molar-refractivity contribution is 0.198. The molecule has 1 N–H and O–H groups in total. The summed E-state index contributed by atoms with van der Waals surface area (Å²) >= 11 is 1.55. The fourth-order valence-corrected chi connectivity index (χ4v) is 2.06. The predicted octanol–water partition coefficient (Wildman–Crippen LogP) is 2.02. The summed E-state index contributed by atoms with van der Waals surface area (Å²) in [5.74, 6) is 0. The van der Waals surface area contributed by atoms with E-state index in [9.17, 15) is 5.11 Å². The Hall–Kier alpha value is -1.33. The summed E-state index contributed by atoms with van der Waals surface area (Å²) in [5.41, 5.74) is 0.829. The van der Waals surface area contributed by atoms with Crippen molar-refractivity contribution in [1.29, 1.82) is 0 Å². The number of pyridine rings is 1. The highest BCUT2D eigenvalue weighted by atomic mass is 32.2. The van der Waals surface area contributed by atoms with Gasteiger partial charge in [0, 0.05) is 19.4 Å². The fourth-order valence-electron chi connectivity index (χ4n) is 1.27. The van der Waals surface area contributed by atoms with Crippen LogP contribution in [-0.4, -0.2) is 19.9 Å². The average Bonchev–Trinajstić information content (AvgIpc) is 2.65. The summed E-state index contributed by atoms with van der Waals surface area (Å²) in [7, 11) is 1.88. The highest BCUT2D eigenvalue weighted by Crippen LogP contribution is 2.25. The second kappa shape index (κ2) is 4.67. The topological polar surface area (TPSA) is 50.9 Å². The lowest BCUT2D eigenvalue weighted by atomic mass is 10.2. The van der Waals surface area contributed by atoms with Gasteiger partial charge in [-0.25, -0.2) is 4.98 Å². The second-order valence-electron chi connectivity index (χ2n) is 3.56. The number of nitrogens with zero attached hydrogens (tertiary/aromatic N) is 3. The molecule has 0 amide bonds. The second-order valence-corrected chi connectivity index (χ2v) is 4.65. The molecule has 4 nitrogen and oxygen atoms in total. The van der Waals surface area contributed by atoms with Gasteiger partial charge >= 0.3 is 0 Å². The van der Waals surface area contributed by atoms with Gasteiger partial charge in [0.05, 0.1) is 17.2 Å². The number of aromatic nitrogens is 3. The van der Waals surface area contributed by atoms with E-state index in [4.69, 9.17) is 0 Å². The van der Waals surface area contributed by atoms with Gasteiger partial charge in [0.15, 0.2) is 0 Å². The highest BCUT2D eigenvalue weighted by Gasteiger charge is 2.03. The van der Waals surface area contributed by atoms with E-state index in [-0.39, 0.29) is 0 Å². The Morgan fingerprint density at radius 1 is 1.38 bits per heavy atom. The van der Waals surface area contributed by atoms with Gasteiger partial charge in [-0.15, -0.1) is 0 Å². The fraction of sp³-hybridized carbons (Fsp3) is 0.273. The van der Waals surface area contributed by atoms with Crippen LogP contribution >= 0.6 is 11.8 Å². The van der Waals surface area contributed by atoms with E-state index in [1.807, 2.05) is 25.4 Å². The molecule has 0 aliphatic heterocycles. The first kappa shape index (κ1) is 11.2. The van der Waals surface area contributed by atoms with Crippen molar-refractivity contribution in [3.63, 3.8) is 0 Å². The van der Waals surface area contributed by atoms with Crippen LogP contribution in [0.2, 0.25) is 0 Å². The Morgan fingerprint density at radius 3 is 2.69 bits per heavy atom. The zero-order chi connectivity index (χ0) is 11.5. The van der Waals surface area contributed by atoms with Crippen molar-refractivity contribution in [3.8, 4) is 0 Å². The maximum atomic E-state index is 9.35. The van der Waals surface area contributed by atoms with Gasteiger partial charge in [0.25, 0.3) is 0 Å². The first-order valence-corrected chi connectivity index (χ1v) is 5.77. The van der Waals surface area contributed by atoms with E-state index < -0.39 is 6.10 Å². The molecule has 16 heavy (non-hydrogen) atoms. The molecular weight excluding hydrogens is 222 g/mol. The molecule has 1 atom stereocenters. The molecule has 5 heteroatoms. The number of aliphatic hydroxyl groups excluding tert-OH is 1. The lowest BCUT2D eigenvalue weighted by Gasteiger charge is -2.04. The van der Waals surface area contributed by atoms with E-state index in [2.05, 4.69) is 10.1 Å². The van der Waals surface area contributed by atoms with E-state index in [0.717, 1.165) is 15.5 Å². The third kappa shape index (κ3) is 2.62. The summed E-state index contributed by atoms with van der Waals surface area (Å²) in [6.45, 7) is 1.73. The van der Waals surface area contributed by atoms with Crippen LogP contribution in [0, 0.1) is 0 Å². The minimum atomic E-state index is -0.468. The van der Waals surface area contributed by atoms with Crippen molar-refractivity contribution < 1.29 is 5.11 Å². The molecule has 0 aliphatic carbocycles. The van der Waals surface area contributed by atoms with Crippen molar-refractivity contribution in [1.82, 2.24) is 14.8 Å². The quantitative estimate of drug-likeness (QED) is 0.884. The number of hydrogen-bond donors (Lipinski definition) is 1. The summed E-state index contributed by atoms with van der Waals surface area (Å²) in [6.07, 6.45) is 4.97. The summed E-state index contributed by atoms with van der Waals surface area (Å²) < 4.78 is 1.76. The van der Waals surface area contributed by atoms with E-state index in [1.165, 1.54) is 0 Å². The van der Waals surface area contributed by atoms with Crippen molar-refractivity contribution >= 4 is 11.8 Å². The lowest BCUT2D eigenvalue weighted by Crippen LogP contribution is -1.91. The van der Waals surface area contributed by atoms with Crippen molar-refractivity contribution in [2.75, 3.05) is 0 Å². The molecule has 2 rings (SSSR count). The van der Waals surface area contributed by atoms with E-state index in [1.54, 1.807) is 35.8 Å². The first-order valence-electron chi connectivity index (χ1n) is 4.95. The third-order valence-electron chi connectivity index (χ3n) is 2.15. The minimum Gasteiger partial charge on any atom is -0.389 e. The number of aliphatic hydroxyl groups is 1. The SMILES string of the molecule is CC(O)c1ccc(Sc2cnn(C)c2)nc1. The van der Waals surface area contributed by atoms with Crippen LogP contribution in [0.1, 0.15) is 18.6 Å². The predicted molar refractivity (Wildman–Crippen MR) is 62.2 cm³/mol. The van der Waals surface area contributed by atoms with Gasteiger partial charge in [-0.05, 0) is 18.6 Å². The summed E-state index contributed by atoms with van der Waals surface area (Å²) in [6, 6.07) is 3.79. The molecule has 0 aromatic carbocycles. The smallest absolute Gasteiger partial charge is 0.101 e. The van der Waals surface area contributed by atoms with Crippen LogP contribution in [0.5, 0.6) is 0 Å². The molecule has 1 unspecified atom stereocenters. The molecule has 84 valence electrons. The van der Waals surface area contributed by atoms with Gasteiger partial charge in [0.2, 0.25) is 0 Å². The molecule has 2 heterocycles. The van der Waals surface area contributed by atoms with Crippen LogP contribution in [-0.2, 0) is 7.05 Å². The molecule has 0 radical (unpaired) electrons. The van der Waals surface area contributed by atoms with Crippen LogP contribution in [0.25, 0.3) is 0 Å². The molecule has 0 spiro atoms. The molecule has 0 saturated heterocycles. The normalized spacial score (nSPS) is 12.7. The Labute approximate surface area is 98.3 Å². The number of hydrogen-bond acceptors (Lipinski definition) is 4. The van der Waals surface area contributed by atoms with Crippen LogP contribution in [0.15, 0.2) is 40.6 Å². The minimum absolute atomic E-state index is 0.468. The first-order chi connectivity index (χ1) is 7.65. The molecule has 0 aliphatic rings. The summed E-state index contributed by atoms with van der Waals surface area (Å²) in [5, 5.41) is 14.3. The van der Waals surface area contributed by atoms with Crippen LogP contribution < -0.4 is 0 Å². The standard InChI is InChI=1S/C11H13N3OS/c1-8(15)9-3-4-11(12-5-9)16-10-6-13-14(2)7-10/h3-8,15H,1-2H3. The Morgan fingerprint density at radius 2 is 2.19 bits per heavy atom. The molecule has 0 bridgehead atoms. The molecule has 0 fully saturated rings. The van der Waals surface area contributed by atoms with Gasteiger partial charge in [0.1, 0.15) is 5.03 Å². The van der Waals surface area contributed by atoms with E-state index >= 15 is 0 Å². The molecule has 0 saturated carbocycles. The number of rotatable bonds is 3. The maximum Gasteiger partial charge on any atom is 0.101 e. The monoisotopic (exact) mass is 235 g/mol. The highest BCUT2D eigenvalue weighted by molar-refractivity contribution is 7.99. The van der Waals surface area contributed by atoms with Gasteiger partial charge in [-0.3, -0.25) is 4.68 Å². The maximum absolute atomic E-state index is 9.35. The van der Waals surface area contributed by atoms with Crippen molar-refractivity contribution in [2.45, 2.75) is 22.9 Å². The van der Waals surface area contributed by atoms with Crippen molar-refractivity contribution in [2.24, 2.45) is 7.05 Å². The zero-order valence-corrected chi connectivity index (χ0v) is 9.98. The largest absolute Gasteiger partial charge is 0.389 e. The Kier molecular flexibility index (Phi) is 3.26. The van der Waals surface area contributed by atoms with Crippen LogP contribution in [0.3, 0.4) is 0 Å². The Balaban J connectivity index is 2.11. The summed E-state index contributed by atoms with van der Waals surface area (Å²) in [4.78, 5) is 5.33. The number of aryl methyl sites for hydroxylation is 1. The van der Waals surface area contributed by atoms with Gasteiger partial charge in [-0.2, -0.15) is 5.10 Å². The van der Waals surface area contributed by atoms with Gasteiger partial charge < -0.3 is 5.11 Å². The van der Waals surface area contributed by atoms with Crippen LogP contribution in [0.4, 0.5) is 0 Å². The molecule has 2 aromatic rings. The zero-order valence-electron chi connectivity index (χ0n) is 9.16. The molecular formula is C11H13N3OS. The average molecular weight is 235 g/mol. The van der Waals surface area contributed by atoms with Gasteiger partial charge in [-0.1, -0.05) is 17.8 Å². The third-order valence-corrected chi connectivity index (χ3v) is 3.04. The molecule has 2 aromatic heterocycles. The Bertz CT molecular complexity index is 464.